The summed E-state index contributed by atoms with van der Waals surface area (Å²) in [5, 5.41) is 9.87. The number of hydrogen-bond acceptors (Lipinski definition) is 2. The van der Waals surface area contributed by atoms with Gasteiger partial charge in [0.25, 0.3) is 0 Å². The molecule has 0 spiro atoms. The minimum atomic E-state index is 0.224. The smallest absolute Gasteiger partial charge is 0.140 e. The number of phenolic OH excluding ortho intramolecular Hbond substituents is 1. The predicted molar refractivity (Wildman–Crippen MR) is 55.3 cm³/mol. The van der Waals surface area contributed by atoms with Gasteiger partial charge in [-0.15, -0.1) is 0 Å². The molecule has 14 heavy (non-hydrogen) atoms. The molecule has 72 valence electrons. The van der Waals surface area contributed by atoms with Crippen LogP contribution in [0.1, 0.15) is 0 Å². The lowest BCUT2D eigenvalue weighted by molar-refractivity contribution is 0.475. The molecule has 0 aliphatic rings. The van der Waals surface area contributed by atoms with Crippen molar-refractivity contribution < 1.29 is 5.11 Å². The summed E-state index contributed by atoms with van der Waals surface area (Å²) in [7, 11) is 1.83. The molecule has 3 nitrogen and oxygen atoms in total. The van der Waals surface area contributed by atoms with Crippen LogP contribution in [0, 0.1) is 0 Å². The fourth-order valence-corrected chi connectivity index (χ4v) is 1.43. The Morgan fingerprint density at radius 2 is 2.21 bits per heavy atom. The van der Waals surface area contributed by atoms with E-state index in [1.165, 1.54) is 0 Å². The Morgan fingerprint density at radius 1 is 1.43 bits per heavy atom. The number of rotatable bonds is 1. The van der Waals surface area contributed by atoms with Gasteiger partial charge in [-0.1, -0.05) is 23.7 Å². The summed E-state index contributed by atoms with van der Waals surface area (Å²) in [5.74, 6) is 0.965. The van der Waals surface area contributed by atoms with Gasteiger partial charge >= 0.3 is 0 Å². The summed E-state index contributed by atoms with van der Waals surface area (Å²) in [6.07, 6.45) is 1.58. The zero-order valence-corrected chi connectivity index (χ0v) is 8.36. The average Bonchev–Trinajstić information content (AvgIpc) is 2.48. The second kappa shape index (κ2) is 3.35. The van der Waals surface area contributed by atoms with E-state index in [-0.39, 0.29) is 5.75 Å². The van der Waals surface area contributed by atoms with E-state index in [1.54, 1.807) is 29.0 Å². The summed E-state index contributed by atoms with van der Waals surface area (Å²) in [6, 6.07) is 6.92. The molecule has 0 unspecified atom stereocenters. The van der Waals surface area contributed by atoms with Crippen molar-refractivity contribution in [2.24, 2.45) is 7.05 Å². The van der Waals surface area contributed by atoms with Crippen molar-refractivity contribution in [2.45, 2.75) is 0 Å². The van der Waals surface area contributed by atoms with Gasteiger partial charge in [0.1, 0.15) is 16.7 Å². The summed E-state index contributed by atoms with van der Waals surface area (Å²) < 4.78 is 1.76. The third kappa shape index (κ3) is 1.46. The molecule has 0 atom stereocenters. The highest BCUT2D eigenvalue weighted by molar-refractivity contribution is 6.29. The van der Waals surface area contributed by atoms with Gasteiger partial charge in [0.2, 0.25) is 0 Å². The molecule has 1 N–H and O–H groups in total. The van der Waals surface area contributed by atoms with Gasteiger partial charge in [0.15, 0.2) is 0 Å². The van der Waals surface area contributed by atoms with E-state index in [9.17, 15) is 5.11 Å². The van der Waals surface area contributed by atoms with E-state index in [0.717, 1.165) is 11.4 Å². The molecule has 0 saturated carbocycles. The molecule has 0 aliphatic carbocycles. The second-order valence-corrected chi connectivity index (χ2v) is 3.40. The Labute approximate surface area is 86.6 Å². The number of halogens is 1. The lowest BCUT2D eigenvalue weighted by Crippen LogP contribution is -1.92. The van der Waals surface area contributed by atoms with Crippen LogP contribution in [0.2, 0.25) is 5.15 Å². The molecule has 0 amide bonds. The van der Waals surface area contributed by atoms with Crippen molar-refractivity contribution in [1.29, 1.82) is 0 Å². The molecule has 0 saturated heterocycles. The van der Waals surface area contributed by atoms with E-state index in [2.05, 4.69) is 4.98 Å². The second-order valence-electron chi connectivity index (χ2n) is 3.01. The van der Waals surface area contributed by atoms with Crippen molar-refractivity contribution >= 4 is 11.6 Å². The Kier molecular flexibility index (Phi) is 2.17. The van der Waals surface area contributed by atoms with Gasteiger partial charge in [-0.25, -0.2) is 4.98 Å². The Hall–Kier alpha value is -1.48. The first-order chi connectivity index (χ1) is 6.68. The summed E-state index contributed by atoms with van der Waals surface area (Å²) >= 11 is 5.86. The van der Waals surface area contributed by atoms with Crippen molar-refractivity contribution in [1.82, 2.24) is 9.55 Å². The lowest BCUT2D eigenvalue weighted by atomic mass is 10.2. The third-order valence-corrected chi connectivity index (χ3v) is 2.39. The maximum atomic E-state index is 9.30. The third-order valence-electron chi connectivity index (χ3n) is 2.04. The molecule has 1 aromatic heterocycles. The first-order valence-corrected chi connectivity index (χ1v) is 4.53. The Balaban J connectivity index is 2.55. The quantitative estimate of drug-likeness (QED) is 0.782. The van der Waals surface area contributed by atoms with Crippen molar-refractivity contribution in [3.8, 4) is 17.1 Å². The first-order valence-electron chi connectivity index (χ1n) is 4.15. The van der Waals surface area contributed by atoms with Gasteiger partial charge in [-0.2, -0.15) is 0 Å². The maximum Gasteiger partial charge on any atom is 0.140 e. The summed E-state index contributed by atoms with van der Waals surface area (Å²) in [4.78, 5) is 4.15. The first kappa shape index (κ1) is 9.09. The van der Waals surface area contributed by atoms with Crippen molar-refractivity contribution in [2.75, 3.05) is 0 Å². The van der Waals surface area contributed by atoms with E-state index >= 15 is 0 Å². The van der Waals surface area contributed by atoms with Crippen LogP contribution in [0.25, 0.3) is 11.4 Å². The molecule has 1 aromatic carbocycles. The van der Waals surface area contributed by atoms with E-state index in [4.69, 9.17) is 11.6 Å². The Morgan fingerprint density at radius 3 is 2.79 bits per heavy atom. The molecular formula is C10H9ClN2O. The van der Waals surface area contributed by atoms with Crippen LogP contribution in [-0.4, -0.2) is 14.7 Å². The minimum Gasteiger partial charge on any atom is -0.508 e. The predicted octanol–water partition coefficient (Wildman–Crippen LogP) is 2.45. The van der Waals surface area contributed by atoms with Crippen LogP contribution >= 0.6 is 11.6 Å². The summed E-state index contributed by atoms with van der Waals surface area (Å²) in [5.41, 5.74) is 0.847. The van der Waals surface area contributed by atoms with Gasteiger partial charge in [-0.05, 0) is 12.1 Å². The van der Waals surface area contributed by atoms with Crippen LogP contribution in [0.3, 0.4) is 0 Å². The Bertz CT molecular complexity index is 465. The minimum absolute atomic E-state index is 0.224. The molecule has 4 heteroatoms. The number of phenols is 1. The molecule has 1 heterocycles. The van der Waals surface area contributed by atoms with Crippen molar-refractivity contribution in [3.05, 3.63) is 35.6 Å². The van der Waals surface area contributed by atoms with E-state index in [1.807, 2.05) is 13.1 Å². The number of benzene rings is 1. The van der Waals surface area contributed by atoms with Crippen LogP contribution in [0.4, 0.5) is 0 Å². The monoisotopic (exact) mass is 208 g/mol. The maximum absolute atomic E-state index is 9.30. The van der Waals surface area contributed by atoms with Crippen molar-refractivity contribution in [3.63, 3.8) is 0 Å². The van der Waals surface area contributed by atoms with Gasteiger partial charge in [0, 0.05) is 12.6 Å². The molecule has 2 rings (SSSR count). The normalized spacial score (nSPS) is 10.4. The lowest BCUT2D eigenvalue weighted by Gasteiger charge is -2.02. The fraction of sp³-hybridized carbons (Fsp3) is 0.100. The molecule has 0 aliphatic heterocycles. The highest BCUT2D eigenvalue weighted by Crippen LogP contribution is 2.23. The van der Waals surface area contributed by atoms with Crippen LogP contribution in [0.15, 0.2) is 30.5 Å². The standard InChI is InChI=1S/C10H9ClN2O/c1-13-9(11)6-12-10(13)7-3-2-4-8(14)5-7/h2-6,14H,1H3. The molecule has 0 fully saturated rings. The summed E-state index contributed by atoms with van der Waals surface area (Å²) in [6.45, 7) is 0. The van der Waals surface area contributed by atoms with Gasteiger partial charge < -0.3 is 9.67 Å². The number of imidazole rings is 1. The number of hydrogen-bond donors (Lipinski definition) is 1. The largest absolute Gasteiger partial charge is 0.508 e. The average molecular weight is 209 g/mol. The fourth-order valence-electron chi connectivity index (χ4n) is 1.30. The van der Waals surface area contributed by atoms with Gasteiger partial charge in [-0.3, -0.25) is 0 Å². The van der Waals surface area contributed by atoms with Crippen LogP contribution in [-0.2, 0) is 7.05 Å². The number of aromatic nitrogens is 2. The van der Waals surface area contributed by atoms with E-state index in [0.29, 0.717) is 5.15 Å². The topological polar surface area (TPSA) is 38.0 Å². The van der Waals surface area contributed by atoms with Crippen LogP contribution in [0.5, 0.6) is 5.75 Å². The SMILES string of the molecule is Cn1c(Cl)cnc1-c1cccc(O)c1. The molecule has 2 aromatic rings. The van der Waals surface area contributed by atoms with E-state index < -0.39 is 0 Å². The molecule has 0 radical (unpaired) electrons. The van der Waals surface area contributed by atoms with Gasteiger partial charge in [0.05, 0.1) is 6.20 Å². The highest BCUT2D eigenvalue weighted by Gasteiger charge is 2.06. The molecule has 0 bridgehead atoms. The zero-order chi connectivity index (χ0) is 10.1. The molecular weight excluding hydrogens is 200 g/mol. The number of aromatic hydroxyl groups is 1. The number of nitrogens with zero attached hydrogens (tertiary/aromatic N) is 2. The van der Waals surface area contributed by atoms with Crippen LogP contribution < -0.4 is 0 Å². The highest BCUT2D eigenvalue weighted by atomic mass is 35.5. The zero-order valence-electron chi connectivity index (χ0n) is 7.61.